The van der Waals surface area contributed by atoms with Gasteiger partial charge in [-0.05, 0) is 12.1 Å². The van der Waals surface area contributed by atoms with Crippen LogP contribution in [0.25, 0.3) is 10.2 Å². The first-order valence-corrected chi connectivity index (χ1v) is 3.78. The zero-order valence-electron chi connectivity index (χ0n) is 9.76. The Morgan fingerprint density at radius 1 is 1.60 bits per heavy atom. The summed E-state index contributed by atoms with van der Waals surface area (Å²) < 4.78 is 38.0. The summed E-state index contributed by atoms with van der Waals surface area (Å²) in [5, 5.41) is 0. The highest BCUT2D eigenvalue weighted by Crippen LogP contribution is 2.23. The Labute approximate surface area is 74.8 Å². The van der Waals surface area contributed by atoms with Crippen molar-refractivity contribution in [2.24, 2.45) is 0 Å². The number of hydrogen-bond donors (Lipinski definition) is 1. The zero-order chi connectivity index (χ0) is 11.2. The average molecular weight is 172 g/mol. The minimum absolute atomic E-state index is 0.0798. The molecule has 2 aromatic rings. The van der Waals surface area contributed by atoms with Gasteiger partial charge in [0.05, 0.1) is 15.7 Å². The molecule has 1 aromatic heterocycles. The van der Waals surface area contributed by atoms with Crippen LogP contribution in [0, 0.1) is 0 Å². The number of thiol groups is 1. The Bertz CT molecular complexity index is 493. The average Bonchev–Trinajstić information content (AvgIpc) is 2.67. The van der Waals surface area contributed by atoms with Gasteiger partial charge in [-0.25, -0.2) is 4.98 Å². The Morgan fingerprint density at radius 2 is 2.50 bits per heavy atom. The van der Waals surface area contributed by atoms with E-state index in [2.05, 4.69) is 4.98 Å². The molecule has 0 spiro atoms. The smallest absolute Gasteiger partial charge is 0.148 e. The molecule has 0 amide bonds. The van der Waals surface area contributed by atoms with Crippen LogP contribution in [-0.2, 0) is 0 Å². The molecular formula is C7H5NS2. The SMILES string of the molecule is [2H]Sc1nc2c([2H])c([2H])c([2H])c([2H])c2s1. The summed E-state index contributed by atoms with van der Waals surface area (Å²) in [5.41, 5.74) is 0.251. The van der Waals surface area contributed by atoms with E-state index < -0.39 is 0 Å². The molecule has 0 aliphatic heterocycles. The number of fused-ring (bicyclic) bond motifs is 1. The number of benzene rings is 1. The van der Waals surface area contributed by atoms with Crippen molar-refractivity contribution in [1.29, 1.82) is 1.12 Å². The molecule has 0 aliphatic carbocycles. The van der Waals surface area contributed by atoms with Crippen LogP contribution >= 0.6 is 23.9 Å². The molecule has 0 saturated heterocycles. The van der Waals surface area contributed by atoms with Gasteiger partial charge in [-0.1, -0.05) is 12.1 Å². The first-order chi connectivity index (χ1) is 7.06. The maximum Gasteiger partial charge on any atom is 0.148 e. The first-order valence-electron chi connectivity index (χ1n) is 4.97. The quantitative estimate of drug-likeness (QED) is 0.652. The van der Waals surface area contributed by atoms with Crippen molar-refractivity contribution in [2.75, 3.05) is 0 Å². The monoisotopic (exact) mass is 172 g/mol. The van der Waals surface area contributed by atoms with Crippen LogP contribution < -0.4 is 0 Å². The summed E-state index contributed by atoms with van der Waals surface area (Å²) in [7, 11) is 0. The second-order valence-electron chi connectivity index (χ2n) is 1.66. The molecule has 2 rings (SSSR count). The summed E-state index contributed by atoms with van der Waals surface area (Å²) in [6.07, 6.45) is 0. The number of para-hydroxylation sites is 1. The molecule has 0 bridgehead atoms. The van der Waals surface area contributed by atoms with Gasteiger partial charge in [0.2, 0.25) is 0 Å². The third kappa shape index (κ3) is 0.914. The minimum atomic E-state index is -0.278. The van der Waals surface area contributed by atoms with Crippen molar-refractivity contribution in [3.05, 3.63) is 24.2 Å². The largest absolute Gasteiger partial charge is 0.230 e. The first kappa shape index (κ1) is 2.83. The van der Waals surface area contributed by atoms with E-state index in [1.54, 1.807) is 0 Å². The van der Waals surface area contributed by atoms with Gasteiger partial charge >= 0.3 is 0 Å². The molecule has 0 atom stereocenters. The van der Waals surface area contributed by atoms with E-state index in [1.165, 1.54) is 0 Å². The van der Waals surface area contributed by atoms with Crippen LogP contribution in [0.2, 0.25) is 0 Å². The molecule has 0 aliphatic rings. The fraction of sp³-hybridized carbons (Fsp3) is 0. The Balaban J connectivity index is 2.90. The highest BCUT2D eigenvalue weighted by molar-refractivity contribution is 7.82. The molecule has 10 heavy (non-hydrogen) atoms. The molecule has 3 heteroatoms. The molecule has 1 aromatic carbocycles. The molecule has 0 unspecified atom stereocenters. The van der Waals surface area contributed by atoms with E-state index in [-0.39, 0.29) is 29.7 Å². The molecule has 0 saturated carbocycles. The van der Waals surface area contributed by atoms with E-state index in [0.29, 0.717) is 21.6 Å². The molecule has 50 valence electrons. The molecule has 1 nitrogen and oxygen atoms in total. The van der Waals surface area contributed by atoms with E-state index in [4.69, 9.17) is 6.61 Å². The number of thiazole rings is 1. The van der Waals surface area contributed by atoms with Gasteiger partial charge in [-0.15, -0.1) is 23.9 Å². The summed E-state index contributed by atoms with van der Waals surface area (Å²) in [4.78, 5) is 3.98. The number of nitrogens with zero attached hydrogens (tertiary/aromatic N) is 1. The predicted octanol–water partition coefficient (Wildman–Crippen LogP) is 2.58. The lowest BCUT2D eigenvalue weighted by Crippen LogP contribution is -1.63. The van der Waals surface area contributed by atoms with Crippen molar-refractivity contribution in [3.63, 3.8) is 0 Å². The van der Waals surface area contributed by atoms with Gasteiger partial charge in [0.25, 0.3) is 0 Å². The zero-order valence-corrected chi connectivity index (χ0v) is 6.40. The lowest BCUT2D eigenvalue weighted by Gasteiger charge is -1.80. The van der Waals surface area contributed by atoms with Crippen LogP contribution in [0.5, 0.6) is 0 Å². The van der Waals surface area contributed by atoms with Gasteiger partial charge < -0.3 is 0 Å². The van der Waals surface area contributed by atoms with Gasteiger partial charge in [0.15, 0.2) is 0 Å². The fourth-order valence-electron chi connectivity index (χ4n) is 0.648. The van der Waals surface area contributed by atoms with Gasteiger partial charge in [0, 0.05) is 0 Å². The Morgan fingerprint density at radius 3 is 3.40 bits per heavy atom. The number of hydrogen-bond acceptors (Lipinski definition) is 3. The van der Waals surface area contributed by atoms with Gasteiger partial charge in [0.1, 0.15) is 5.46 Å². The third-order valence-electron chi connectivity index (χ3n) is 1.03. The van der Waals surface area contributed by atoms with Crippen molar-refractivity contribution in [2.45, 2.75) is 4.34 Å². The van der Waals surface area contributed by atoms with Crippen LogP contribution in [0.1, 0.15) is 5.48 Å². The summed E-state index contributed by atoms with van der Waals surface area (Å²) in [6.45, 7) is 0. The van der Waals surface area contributed by atoms with E-state index in [0.717, 1.165) is 11.3 Å². The fourth-order valence-corrected chi connectivity index (χ4v) is 1.60. The molecular weight excluding hydrogens is 162 g/mol. The van der Waals surface area contributed by atoms with Crippen molar-refractivity contribution >= 4 is 34.1 Å². The Kier molecular flexibility index (Phi) is 0.638. The highest BCUT2D eigenvalue weighted by Gasteiger charge is 1.96. The van der Waals surface area contributed by atoms with E-state index in [9.17, 15) is 0 Å². The standard InChI is InChI=1S/C7H5NS2/c9-7-8-5-3-1-2-4-6(5)10-7/h1-4H,(H,8,9)/i1D,2D,3D,4D/hD. The topological polar surface area (TPSA) is 12.9 Å². The maximum absolute atomic E-state index is 7.62. The van der Waals surface area contributed by atoms with Gasteiger partial charge in [-0.3, -0.25) is 0 Å². The Hall–Kier alpha value is -0.540. The number of aromatic nitrogens is 1. The van der Waals surface area contributed by atoms with Crippen LogP contribution in [0.15, 0.2) is 28.5 Å². The summed E-state index contributed by atoms with van der Waals surface area (Å²) in [6, 6.07) is -0.747. The van der Waals surface area contributed by atoms with Crippen molar-refractivity contribution < 1.29 is 5.48 Å². The molecule has 0 radical (unpaired) electrons. The molecule has 0 N–H and O–H groups in total. The highest BCUT2D eigenvalue weighted by atomic mass is 32.2. The van der Waals surface area contributed by atoms with Crippen molar-refractivity contribution in [1.82, 2.24) is 4.98 Å². The normalized spacial score (nSPS) is 17.4. The van der Waals surface area contributed by atoms with Gasteiger partial charge in [-0.2, -0.15) is 0 Å². The summed E-state index contributed by atoms with van der Waals surface area (Å²) >= 11 is 1.81. The van der Waals surface area contributed by atoms with E-state index in [1.807, 2.05) is 0 Å². The van der Waals surface area contributed by atoms with Crippen LogP contribution in [-0.4, -0.2) is 6.11 Å². The van der Waals surface area contributed by atoms with Crippen LogP contribution in [0.4, 0.5) is 0 Å². The summed E-state index contributed by atoms with van der Waals surface area (Å²) in [5.74, 6) is 0. The van der Waals surface area contributed by atoms with Crippen molar-refractivity contribution in [3.8, 4) is 0 Å². The lowest BCUT2D eigenvalue weighted by atomic mass is 10.3. The second kappa shape index (κ2) is 2.25. The minimum Gasteiger partial charge on any atom is -0.230 e. The predicted molar refractivity (Wildman–Crippen MR) is 46.9 cm³/mol. The third-order valence-corrected chi connectivity index (χ3v) is 2.13. The molecule has 1 heterocycles. The second-order valence-corrected chi connectivity index (χ2v) is 3.30. The van der Waals surface area contributed by atoms with E-state index >= 15 is 0 Å². The van der Waals surface area contributed by atoms with Crippen LogP contribution in [0.3, 0.4) is 0 Å². The maximum atomic E-state index is 7.62. The number of rotatable bonds is 1. The lowest BCUT2D eigenvalue weighted by molar-refractivity contribution is 1.31. The molecule has 0 fully saturated rings.